The van der Waals surface area contributed by atoms with Crippen LogP contribution in [0.5, 0.6) is 0 Å². The molecule has 1 aliphatic rings. The fourth-order valence-electron chi connectivity index (χ4n) is 2.93. The molecule has 6 nitrogen and oxygen atoms in total. The number of para-hydroxylation sites is 1. The molecule has 0 radical (unpaired) electrons. The molecule has 0 bridgehead atoms. The van der Waals surface area contributed by atoms with E-state index in [4.69, 9.17) is 0 Å². The van der Waals surface area contributed by atoms with E-state index in [9.17, 15) is 9.90 Å². The summed E-state index contributed by atoms with van der Waals surface area (Å²) < 4.78 is 1.74. The Morgan fingerprint density at radius 1 is 1.35 bits per heavy atom. The number of aryl methyl sites for hydroxylation is 1. The average molecular weight is 314 g/mol. The maximum absolute atomic E-state index is 12.0. The number of nitrogens with zero attached hydrogens (tertiary/aromatic N) is 2. The van der Waals surface area contributed by atoms with Crippen molar-refractivity contribution >= 4 is 11.8 Å². The Kier molecular flexibility index (Phi) is 4.62. The van der Waals surface area contributed by atoms with Crippen molar-refractivity contribution in [2.75, 3.05) is 11.9 Å². The molecule has 0 aliphatic heterocycles. The number of nitrogens with one attached hydrogen (secondary N) is 2. The normalized spacial score (nSPS) is 20.4. The van der Waals surface area contributed by atoms with E-state index in [1.807, 2.05) is 43.5 Å². The average Bonchev–Trinajstić information content (AvgIpc) is 3.12. The lowest BCUT2D eigenvalue weighted by Crippen LogP contribution is -2.35. The summed E-state index contributed by atoms with van der Waals surface area (Å²) in [5.41, 5.74) is 1.84. The third-order valence-electron chi connectivity index (χ3n) is 4.29. The number of carbonyl (C=O) groups is 1. The third-order valence-corrected chi connectivity index (χ3v) is 4.29. The van der Waals surface area contributed by atoms with E-state index in [0.29, 0.717) is 12.4 Å². The van der Waals surface area contributed by atoms with Gasteiger partial charge < -0.3 is 10.4 Å². The van der Waals surface area contributed by atoms with E-state index < -0.39 is 0 Å². The number of carbonyl (C=O) groups excluding carboxylic acids is 1. The van der Waals surface area contributed by atoms with Crippen molar-refractivity contribution in [3.8, 4) is 5.69 Å². The molecule has 0 unspecified atom stereocenters. The molecule has 1 aromatic carbocycles. The summed E-state index contributed by atoms with van der Waals surface area (Å²) >= 11 is 0. The van der Waals surface area contributed by atoms with Crippen LogP contribution in [0.3, 0.4) is 0 Å². The molecule has 1 aliphatic carbocycles. The van der Waals surface area contributed by atoms with Crippen LogP contribution in [0.25, 0.3) is 5.69 Å². The van der Waals surface area contributed by atoms with Crippen LogP contribution in [0.1, 0.15) is 24.8 Å². The standard InChI is InChI=1S/C17H22N4O2/c1-12-11-21(14-7-3-2-4-8-14)20-16(12)19-17(23)18-10-13-6-5-9-15(13)22/h2-4,7-8,11,13,15,22H,5-6,9-10H2,1H3,(H2,18,19,20,23)/t13-,15-/m1/s1. The monoisotopic (exact) mass is 314 g/mol. The number of benzene rings is 1. The molecule has 0 spiro atoms. The van der Waals surface area contributed by atoms with Gasteiger partial charge in [0.25, 0.3) is 0 Å². The van der Waals surface area contributed by atoms with E-state index in [-0.39, 0.29) is 18.1 Å². The largest absolute Gasteiger partial charge is 0.393 e. The number of anilines is 1. The molecule has 2 atom stereocenters. The van der Waals surface area contributed by atoms with Gasteiger partial charge >= 0.3 is 6.03 Å². The molecular formula is C17H22N4O2. The zero-order chi connectivity index (χ0) is 16.2. The van der Waals surface area contributed by atoms with Crippen LogP contribution in [0.4, 0.5) is 10.6 Å². The predicted molar refractivity (Wildman–Crippen MR) is 88.7 cm³/mol. The Balaban J connectivity index is 1.59. The van der Waals surface area contributed by atoms with Crippen molar-refractivity contribution in [3.63, 3.8) is 0 Å². The van der Waals surface area contributed by atoms with Crippen LogP contribution in [0.2, 0.25) is 0 Å². The molecule has 3 N–H and O–H groups in total. The van der Waals surface area contributed by atoms with Gasteiger partial charge in [0, 0.05) is 24.2 Å². The molecule has 2 amide bonds. The second kappa shape index (κ2) is 6.83. The van der Waals surface area contributed by atoms with Crippen LogP contribution in [-0.4, -0.2) is 33.6 Å². The highest BCUT2D eigenvalue weighted by atomic mass is 16.3. The van der Waals surface area contributed by atoms with Crippen LogP contribution < -0.4 is 10.6 Å². The van der Waals surface area contributed by atoms with E-state index in [0.717, 1.165) is 30.5 Å². The molecule has 0 saturated heterocycles. The number of aliphatic hydroxyl groups is 1. The lowest BCUT2D eigenvalue weighted by atomic mass is 10.1. The molecule has 2 aromatic rings. The number of aliphatic hydroxyl groups excluding tert-OH is 1. The summed E-state index contributed by atoms with van der Waals surface area (Å²) in [7, 11) is 0. The minimum atomic E-state index is -0.297. The molecule has 122 valence electrons. The molecule has 1 fully saturated rings. The maximum Gasteiger partial charge on any atom is 0.320 e. The van der Waals surface area contributed by atoms with E-state index in [1.54, 1.807) is 4.68 Å². The van der Waals surface area contributed by atoms with Crippen molar-refractivity contribution in [1.82, 2.24) is 15.1 Å². The summed E-state index contributed by atoms with van der Waals surface area (Å²) in [6, 6.07) is 9.46. The van der Waals surface area contributed by atoms with Gasteiger partial charge in [-0.2, -0.15) is 0 Å². The number of urea groups is 1. The minimum absolute atomic E-state index is 0.156. The smallest absolute Gasteiger partial charge is 0.320 e. The first kappa shape index (κ1) is 15.6. The van der Waals surface area contributed by atoms with Crippen molar-refractivity contribution in [2.45, 2.75) is 32.3 Å². The summed E-state index contributed by atoms with van der Waals surface area (Å²) in [5.74, 6) is 0.696. The van der Waals surface area contributed by atoms with Gasteiger partial charge in [-0.15, -0.1) is 5.10 Å². The molecule has 1 heterocycles. The first-order valence-corrected chi connectivity index (χ1v) is 7.98. The summed E-state index contributed by atoms with van der Waals surface area (Å²) in [6.45, 7) is 2.40. The SMILES string of the molecule is Cc1cn(-c2ccccc2)nc1NC(=O)NC[C@H]1CCC[C@H]1O. The van der Waals surface area contributed by atoms with Gasteiger partial charge in [-0.05, 0) is 31.9 Å². The summed E-state index contributed by atoms with van der Waals surface area (Å²) in [6.07, 6.45) is 4.40. The number of hydrogen-bond donors (Lipinski definition) is 3. The number of aromatic nitrogens is 2. The molecule has 6 heteroatoms. The Morgan fingerprint density at radius 2 is 2.13 bits per heavy atom. The lowest BCUT2D eigenvalue weighted by molar-refractivity contribution is 0.133. The van der Waals surface area contributed by atoms with Gasteiger partial charge in [0.05, 0.1) is 11.8 Å². The Bertz CT molecular complexity index is 668. The van der Waals surface area contributed by atoms with E-state index in [2.05, 4.69) is 15.7 Å². The van der Waals surface area contributed by atoms with Gasteiger partial charge in [-0.1, -0.05) is 24.6 Å². The topological polar surface area (TPSA) is 79.2 Å². The van der Waals surface area contributed by atoms with Crippen molar-refractivity contribution in [2.24, 2.45) is 5.92 Å². The van der Waals surface area contributed by atoms with Crippen molar-refractivity contribution in [1.29, 1.82) is 0 Å². The maximum atomic E-state index is 12.0. The molecular weight excluding hydrogens is 292 g/mol. The van der Waals surface area contributed by atoms with Gasteiger partial charge in [0.1, 0.15) is 0 Å². The van der Waals surface area contributed by atoms with Crippen LogP contribution in [0, 0.1) is 12.8 Å². The zero-order valence-electron chi connectivity index (χ0n) is 13.2. The Hall–Kier alpha value is -2.34. The highest BCUT2D eigenvalue weighted by molar-refractivity contribution is 5.88. The van der Waals surface area contributed by atoms with Gasteiger partial charge in [0.15, 0.2) is 5.82 Å². The summed E-state index contributed by atoms with van der Waals surface area (Å²) in [5, 5.41) is 19.8. The predicted octanol–water partition coefficient (Wildman–Crippen LogP) is 2.46. The van der Waals surface area contributed by atoms with Crippen molar-refractivity contribution < 1.29 is 9.90 Å². The number of hydrogen-bond acceptors (Lipinski definition) is 3. The van der Waals surface area contributed by atoms with Crippen molar-refractivity contribution in [3.05, 3.63) is 42.1 Å². The quantitative estimate of drug-likeness (QED) is 0.811. The van der Waals surface area contributed by atoms with Gasteiger partial charge in [-0.25, -0.2) is 9.48 Å². The molecule has 1 aromatic heterocycles. The summed E-state index contributed by atoms with van der Waals surface area (Å²) in [4.78, 5) is 12.0. The first-order valence-electron chi connectivity index (χ1n) is 7.98. The molecule has 1 saturated carbocycles. The second-order valence-corrected chi connectivity index (χ2v) is 6.03. The number of amides is 2. The molecule has 3 rings (SSSR count). The van der Waals surface area contributed by atoms with Crippen LogP contribution in [0.15, 0.2) is 36.5 Å². The number of rotatable bonds is 4. The Labute approximate surface area is 135 Å². The van der Waals surface area contributed by atoms with E-state index in [1.165, 1.54) is 0 Å². The van der Waals surface area contributed by atoms with Gasteiger partial charge in [0.2, 0.25) is 0 Å². The second-order valence-electron chi connectivity index (χ2n) is 6.03. The highest BCUT2D eigenvalue weighted by Gasteiger charge is 2.25. The first-order chi connectivity index (χ1) is 11.1. The van der Waals surface area contributed by atoms with E-state index >= 15 is 0 Å². The molecule has 23 heavy (non-hydrogen) atoms. The van der Waals surface area contributed by atoms with Crippen LogP contribution >= 0.6 is 0 Å². The van der Waals surface area contributed by atoms with Gasteiger partial charge in [-0.3, -0.25) is 5.32 Å². The van der Waals surface area contributed by atoms with Crippen LogP contribution in [-0.2, 0) is 0 Å². The highest BCUT2D eigenvalue weighted by Crippen LogP contribution is 2.24. The third kappa shape index (κ3) is 3.71. The lowest BCUT2D eigenvalue weighted by Gasteiger charge is -2.15. The zero-order valence-corrected chi connectivity index (χ0v) is 13.2. The fraction of sp³-hybridized carbons (Fsp3) is 0.412. The fourth-order valence-corrected chi connectivity index (χ4v) is 2.93. The minimum Gasteiger partial charge on any atom is -0.393 e. The Morgan fingerprint density at radius 3 is 2.83 bits per heavy atom.